The van der Waals surface area contributed by atoms with Crippen LogP contribution >= 0.6 is 0 Å². The highest BCUT2D eigenvalue weighted by atomic mass is 16.3. The van der Waals surface area contributed by atoms with Gasteiger partial charge in [-0.2, -0.15) is 0 Å². The van der Waals surface area contributed by atoms with E-state index in [1.54, 1.807) is 15.8 Å². The second-order valence-corrected chi connectivity index (χ2v) is 4.84. The molecular weight excluding hydrogens is 260 g/mol. The van der Waals surface area contributed by atoms with Crippen LogP contribution in [0.5, 0.6) is 0 Å². The van der Waals surface area contributed by atoms with Crippen LogP contribution in [0.15, 0.2) is 12.7 Å². The maximum Gasteiger partial charge on any atom is 0.228 e. The van der Waals surface area contributed by atoms with Crippen LogP contribution in [0, 0.1) is 5.92 Å². The predicted molar refractivity (Wildman–Crippen MR) is 71.9 cm³/mol. The van der Waals surface area contributed by atoms with Crippen LogP contribution in [0.2, 0.25) is 0 Å². The lowest BCUT2D eigenvalue weighted by atomic mass is 10.1. The van der Waals surface area contributed by atoms with E-state index >= 15 is 0 Å². The number of aromatic nitrogens is 4. The zero-order valence-electron chi connectivity index (χ0n) is 10.9. The standard InChI is InChI=1S/C12H16N6O2/c13-4-8-3-9(20)18(5-8)12-10-11(14-6-15-12)17(1-2-19)7-16-10/h6-8,19H,1-5,13H2. The Morgan fingerprint density at radius 1 is 1.40 bits per heavy atom. The van der Waals surface area contributed by atoms with Crippen LogP contribution in [0.1, 0.15) is 6.42 Å². The van der Waals surface area contributed by atoms with E-state index in [1.807, 2.05) is 0 Å². The first kappa shape index (κ1) is 12.9. The summed E-state index contributed by atoms with van der Waals surface area (Å²) in [5.74, 6) is 0.692. The number of aliphatic hydroxyl groups excluding tert-OH is 1. The molecule has 1 fully saturated rings. The van der Waals surface area contributed by atoms with E-state index in [4.69, 9.17) is 10.8 Å². The smallest absolute Gasteiger partial charge is 0.228 e. The monoisotopic (exact) mass is 276 g/mol. The average molecular weight is 276 g/mol. The number of carbonyl (C=O) groups excluding carboxylic acids is 1. The van der Waals surface area contributed by atoms with Gasteiger partial charge in [-0.25, -0.2) is 15.0 Å². The molecule has 2 aromatic heterocycles. The van der Waals surface area contributed by atoms with Gasteiger partial charge in [-0.15, -0.1) is 0 Å². The molecule has 1 unspecified atom stereocenters. The fourth-order valence-electron chi connectivity index (χ4n) is 2.48. The number of amides is 1. The van der Waals surface area contributed by atoms with Gasteiger partial charge in [0.1, 0.15) is 6.33 Å². The third-order valence-electron chi connectivity index (χ3n) is 3.52. The van der Waals surface area contributed by atoms with Gasteiger partial charge in [0, 0.05) is 19.5 Å². The van der Waals surface area contributed by atoms with Gasteiger partial charge < -0.3 is 15.4 Å². The molecule has 1 atom stereocenters. The summed E-state index contributed by atoms with van der Waals surface area (Å²) in [6.07, 6.45) is 3.45. The van der Waals surface area contributed by atoms with Gasteiger partial charge in [-0.1, -0.05) is 0 Å². The highest BCUT2D eigenvalue weighted by molar-refractivity contribution is 6.00. The lowest BCUT2D eigenvalue weighted by Gasteiger charge is -2.15. The fourth-order valence-corrected chi connectivity index (χ4v) is 2.48. The molecule has 0 spiro atoms. The Hall–Kier alpha value is -2.06. The molecule has 20 heavy (non-hydrogen) atoms. The quantitative estimate of drug-likeness (QED) is 0.751. The van der Waals surface area contributed by atoms with Gasteiger partial charge in [0.05, 0.1) is 12.9 Å². The molecule has 0 bridgehead atoms. The van der Waals surface area contributed by atoms with Crippen LogP contribution in [0.4, 0.5) is 5.82 Å². The van der Waals surface area contributed by atoms with Crippen molar-refractivity contribution in [3.63, 3.8) is 0 Å². The maximum atomic E-state index is 12.1. The van der Waals surface area contributed by atoms with Crippen molar-refractivity contribution in [1.82, 2.24) is 19.5 Å². The maximum absolute atomic E-state index is 12.1. The molecule has 0 radical (unpaired) electrons. The fraction of sp³-hybridized carbons (Fsp3) is 0.500. The highest BCUT2D eigenvalue weighted by Crippen LogP contribution is 2.27. The Balaban J connectivity index is 2.02. The summed E-state index contributed by atoms with van der Waals surface area (Å²) in [6.45, 7) is 1.46. The summed E-state index contributed by atoms with van der Waals surface area (Å²) in [5.41, 5.74) is 6.83. The predicted octanol–water partition coefficient (Wildman–Crippen LogP) is -0.870. The molecular formula is C12H16N6O2. The SMILES string of the molecule is NCC1CC(=O)N(c2ncnc3c2ncn3CCO)C1. The van der Waals surface area contributed by atoms with E-state index in [2.05, 4.69) is 15.0 Å². The molecule has 3 N–H and O–H groups in total. The van der Waals surface area contributed by atoms with Crippen molar-refractivity contribution in [3.8, 4) is 0 Å². The Labute approximate surface area is 115 Å². The highest BCUT2D eigenvalue weighted by Gasteiger charge is 2.32. The van der Waals surface area contributed by atoms with Crippen LogP contribution in [0.3, 0.4) is 0 Å². The van der Waals surface area contributed by atoms with Crippen molar-refractivity contribution >= 4 is 22.9 Å². The third-order valence-corrected chi connectivity index (χ3v) is 3.52. The van der Waals surface area contributed by atoms with Gasteiger partial charge >= 0.3 is 0 Å². The lowest BCUT2D eigenvalue weighted by molar-refractivity contribution is -0.117. The van der Waals surface area contributed by atoms with E-state index in [0.29, 0.717) is 43.0 Å². The zero-order valence-corrected chi connectivity index (χ0v) is 10.9. The van der Waals surface area contributed by atoms with E-state index < -0.39 is 0 Å². The third kappa shape index (κ3) is 2.02. The molecule has 106 valence electrons. The second-order valence-electron chi connectivity index (χ2n) is 4.84. The van der Waals surface area contributed by atoms with E-state index in [-0.39, 0.29) is 18.4 Å². The molecule has 0 aromatic carbocycles. The summed E-state index contributed by atoms with van der Waals surface area (Å²) in [5, 5.41) is 9.02. The number of imidazole rings is 1. The van der Waals surface area contributed by atoms with Crippen molar-refractivity contribution in [1.29, 1.82) is 0 Å². The summed E-state index contributed by atoms with van der Waals surface area (Å²) in [7, 11) is 0. The molecule has 3 heterocycles. The Morgan fingerprint density at radius 3 is 2.95 bits per heavy atom. The van der Waals surface area contributed by atoms with Crippen molar-refractivity contribution in [3.05, 3.63) is 12.7 Å². The molecule has 0 aliphatic carbocycles. The topological polar surface area (TPSA) is 110 Å². The molecule has 8 heteroatoms. The molecule has 2 aromatic rings. The average Bonchev–Trinajstić information content (AvgIpc) is 3.03. The Morgan fingerprint density at radius 2 is 2.25 bits per heavy atom. The number of carbonyl (C=O) groups is 1. The number of nitrogens with zero attached hydrogens (tertiary/aromatic N) is 5. The van der Waals surface area contributed by atoms with Crippen molar-refractivity contribution in [2.75, 3.05) is 24.6 Å². The summed E-state index contributed by atoms with van der Waals surface area (Å²) in [6, 6.07) is 0. The number of hydrogen-bond donors (Lipinski definition) is 2. The molecule has 1 amide bonds. The van der Waals surface area contributed by atoms with E-state index in [0.717, 1.165) is 0 Å². The number of anilines is 1. The summed E-state index contributed by atoms with van der Waals surface area (Å²) >= 11 is 0. The van der Waals surface area contributed by atoms with Crippen LogP contribution < -0.4 is 10.6 Å². The van der Waals surface area contributed by atoms with E-state index in [9.17, 15) is 4.79 Å². The first-order valence-electron chi connectivity index (χ1n) is 6.51. The van der Waals surface area contributed by atoms with Crippen molar-refractivity contribution in [2.45, 2.75) is 13.0 Å². The largest absolute Gasteiger partial charge is 0.395 e. The van der Waals surface area contributed by atoms with Gasteiger partial charge in [0.2, 0.25) is 5.91 Å². The van der Waals surface area contributed by atoms with Gasteiger partial charge in [0.25, 0.3) is 0 Å². The molecule has 1 aliphatic heterocycles. The Kier molecular flexibility index (Phi) is 3.33. The van der Waals surface area contributed by atoms with Crippen LogP contribution in [-0.2, 0) is 11.3 Å². The molecule has 8 nitrogen and oxygen atoms in total. The molecule has 1 saturated heterocycles. The minimum Gasteiger partial charge on any atom is -0.395 e. The normalized spacial score (nSPS) is 19.2. The van der Waals surface area contributed by atoms with Gasteiger partial charge in [-0.05, 0) is 12.5 Å². The summed E-state index contributed by atoms with van der Waals surface area (Å²) < 4.78 is 1.74. The molecule has 1 aliphatic rings. The number of nitrogens with two attached hydrogens (primary N) is 1. The molecule has 3 rings (SSSR count). The Bertz CT molecular complexity index is 640. The first-order chi connectivity index (χ1) is 9.74. The number of hydrogen-bond acceptors (Lipinski definition) is 6. The molecule has 0 saturated carbocycles. The minimum absolute atomic E-state index is 0.00267. The van der Waals surface area contributed by atoms with Gasteiger partial charge in [0.15, 0.2) is 17.0 Å². The zero-order chi connectivity index (χ0) is 14.1. The minimum atomic E-state index is 0.00267. The van der Waals surface area contributed by atoms with Crippen LogP contribution in [-0.4, -0.2) is 50.2 Å². The summed E-state index contributed by atoms with van der Waals surface area (Å²) in [4.78, 5) is 26.3. The lowest BCUT2D eigenvalue weighted by Crippen LogP contribution is -2.27. The van der Waals surface area contributed by atoms with Gasteiger partial charge in [-0.3, -0.25) is 9.69 Å². The second kappa shape index (κ2) is 5.14. The van der Waals surface area contributed by atoms with Crippen molar-refractivity contribution in [2.24, 2.45) is 11.7 Å². The number of aliphatic hydroxyl groups is 1. The first-order valence-corrected chi connectivity index (χ1v) is 6.51. The van der Waals surface area contributed by atoms with E-state index in [1.165, 1.54) is 6.33 Å². The number of rotatable bonds is 4. The van der Waals surface area contributed by atoms with Crippen molar-refractivity contribution < 1.29 is 9.90 Å². The number of fused-ring (bicyclic) bond motifs is 1. The van der Waals surface area contributed by atoms with Crippen LogP contribution in [0.25, 0.3) is 11.2 Å².